The summed E-state index contributed by atoms with van der Waals surface area (Å²) in [6.07, 6.45) is 0. The summed E-state index contributed by atoms with van der Waals surface area (Å²) in [6, 6.07) is 9.76. The van der Waals surface area contributed by atoms with E-state index in [9.17, 15) is 0 Å². The molecule has 0 aromatic heterocycles. The van der Waals surface area contributed by atoms with Gasteiger partial charge in [-0.25, -0.2) is 0 Å². The van der Waals surface area contributed by atoms with Gasteiger partial charge in [-0.3, -0.25) is 5.43 Å². The third-order valence-electron chi connectivity index (χ3n) is 1.18. The van der Waals surface area contributed by atoms with Crippen LogP contribution in [-0.2, 0) is 0 Å². The molecule has 0 unspecified atom stereocenters. The predicted molar refractivity (Wildman–Crippen MR) is 36.8 cm³/mol. The van der Waals surface area contributed by atoms with Crippen molar-refractivity contribution in [2.75, 3.05) is 5.43 Å². The Balaban J connectivity index is 2.04. The van der Waals surface area contributed by atoms with Gasteiger partial charge >= 0.3 is 0 Å². The predicted octanol–water partition coefficient (Wildman–Crippen LogP) is 1.61. The number of para-hydroxylation sites is 1. The summed E-state index contributed by atoms with van der Waals surface area (Å²) in [6.45, 7) is 0. The van der Waals surface area contributed by atoms with Gasteiger partial charge in [0.25, 0.3) is 0 Å². The van der Waals surface area contributed by atoms with Gasteiger partial charge in [-0.15, -0.1) is 0 Å². The molecule has 2 rings (SSSR count). The molecule has 1 aliphatic rings. The van der Waals surface area contributed by atoms with Crippen molar-refractivity contribution in [1.82, 2.24) is 5.23 Å². The first kappa shape index (κ1) is 5.22. The number of hydrogen-bond acceptors (Lipinski definition) is 4. The van der Waals surface area contributed by atoms with Gasteiger partial charge in [-0.1, -0.05) is 18.2 Å². The van der Waals surface area contributed by atoms with Crippen molar-refractivity contribution in [3.63, 3.8) is 0 Å². The van der Waals surface area contributed by atoms with Crippen LogP contribution in [0.25, 0.3) is 0 Å². The van der Waals surface area contributed by atoms with E-state index in [1.54, 1.807) is 0 Å². The molecule has 4 nitrogen and oxygen atoms in total. The van der Waals surface area contributed by atoms with Gasteiger partial charge < -0.3 is 0 Å². The zero-order valence-electron chi connectivity index (χ0n) is 5.23. The van der Waals surface area contributed by atoms with Crippen LogP contribution < -0.4 is 5.43 Å². The minimum atomic E-state index is 0.993. The molecule has 0 fully saturated rings. The molecule has 0 spiro atoms. The van der Waals surface area contributed by atoms with E-state index in [2.05, 4.69) is 15.9 Å². The highest BCUT2D eigenvalue weighted by molar-refractivity contribution is 5.41. The fraction of sp³-hybridized carbons (Fsp3) is 0. The van der Waals surface area contributed by atoms with Gasteiger partial charge in [-0.2, -0.15) is 0 Å². The fourth-order valence-corrected chi connectivity index (χ4v) is 0.693. The number of nitrogens with zero attached hydrogens (tertiary/aromatic N) is 3. The minimum absolute atomic E-state index is 0.993. The maximum atomic E-state index is 3.54. The summed E-state index contributed by atoms with van der Waals surface area (Å²) in [7, 11) is 0. The van der Waals surface area contributed by atoms with E-state index >= 15 is 0 Å². The molecule has 1 aliphatic heterocycles. The van der Waals surface area contributed by atoms with Crippen LogP contribution in [0.1, 0.15) is 0 Å². The highest BCUT2D eigenvalue weighted by atomic mass is 16.1. The van der Waals surface area contributed by atoms with Crippen molar-refractivity contribution < 1.29 is 0 Å². The van der Waals surface area contributed by atoms with E-state index < -0.39 is 0 Å². The summed E-state index contributed by atoms with van der Waals surface area (Å²) in [5, 5.41) is 8.50. The lowest BCUT2D eigenvalue weighted by Gasteiger charge is -1.99. The molecule has 0 amide bonds. The summed E-state index contributed by atoms with van der Waals surface area (Å²) in [4.78, 5) is 0. The summed E-state index contributed by atoms with van der Waals surface area (Å²) in [5.41, 5.74) is 3.91. The van der Waals surface area contributed by atoms with Crippen molar-refractivity contribution in [2.45, 2.75) is 0 Å². The molecular weight excluding hydrogens is 128 g/mol. The molecule has 4 heteroatoms. The number of hydrazine groups is 1. The average molecular weight is 134 g/mol. The number of hydrogen-bond donors (Lipinski definition) is 1. The molecule has 0 saturated carbocycles. The molecule has 1 aromatic carbocycles. The summed E-state index contributed by atoms with van der Waals surface area (Å²) >= 11 is 0. The number of nitrogens with one attached hydrogen (secondary N) is 1. The molecular formula is C6H6N4. The monoisotopic (exact) mass is 134 g/mol. The largest absolute Gasteiger partial charge is 0.258 e. The maximum Gasteiger partial charge on any atom is 0.0579 e. The van der Waals surface area contributed by atoms with Crippen LogP contribution in [0.5, 0.6) is 0 Å². The lowest BCUT2D eigenvalue weighted by Crippen LogP contribution is -2.04. The summed E-state index contributed by atoms with van der Waals surface area (Å²) < 4.78 is 0. The second-order valence-corrected chi connectivity index (χ2v) is 1.95. The van der Waals surface area contributed by atoms with Crippen LogP contribution in [0.15, 0.2) is 40.8 Å². The van der Waals surface area contributed by atoms with E-state index in [0.717, 1.165) is 5.69 Å². The fourth-order valence-electron chi connectivity index (χ4n) is 0.693. The molecule has 0 aliphatic carbocycles. The van der Waals surface area contributed by atoms with Crippen molar-refractivity contribution in [3.8, 4) is 0 Å². The Morgan fingerprint density at radius 1 is 1.10 bits per heavy atom. The quantitative estimate of drug-likeness (QED) is 0.667. The number of benzene rings is 1. The van der Waals surface area contributed by atoms with Crippen molar-refractivity contribution >= 4 is 5.69 Å². The van der Waals surface area contributed by atoms with Crippen molar-refractivity contribution in [1.29, 1.82) is 0 Å². The van der Waals surface area contributed by atoms with Gasteiger partial charge in [0, 0.05) is 0 Å². The molecule has 0 radical (unpaired) electrons. The van der Waals surface area contributed by atoms with Crippen LogP contribution >= 0.6 is 0 Å². The van der Waals surface area contributed by atoms with E-state index in [4.69, 9.17) is 0 Å². The van der Waals surface area contributed by atoms with Crippen LogP contribution in [0.3, 0.4) is 0 Å². The van der Waals surface area contributed by atoms with E-state index in [1.807, 2.05) is 30.3 Å². The van der Waals surface area contributed by atoms with Gasteiger partial charge in [-0.05, 0) is 27.8 Å². The number of anilines is 1. The van der Waals surface area contributed by atoms with E-state index in [0.29, 0.717) is 0 Å². The Bertz CT molecular complexity index is 237. The first-order valence-electron chi connectivity index (χ1n) is 2.98. The normalized spacial score (nSPS) is 13.4. The molecule has 1 aromatic rings. The molecule has 10 heavy (non-hydrogen) atoms. The van der Waals surface area contributed by atoms with Gasteiger partial charge in [0.2, 0.25) is 0 Å². The van der Waals surface area contributed by atoms with E-state index in [-0.39, 0.29) is 0 Å². The van der Waals surface area contributed by atoms with Crippen molar-refractivity contribution in [3.05, 3.63) is 30.3 Å². The van der Waals surface area contributed by atoms with Crippen LogP contribution in [-0.4, -0.2) is 5.23 Å². The Morgan fingerprint density at radius 2 is 1.80 bits per heavy atom. The standard InChI is InChI=1S/C6H6N4/c1-2-4-6(5-3-1)7-10-8-9-10/h1-5,7H. The third kappa shape index (κ3) is 1.05. The SMILES string of the molecule is c1ccc(NN2N=N2)cc1. The van der Waals surface area contributed by atoms with Gasteiger partial charge in [0.1, 0.15) is 0 Å². The topological polar surface area (TPSA) is 39.8 Å². The minimum Gasteiger partial charge on any atom is -0.258 e. The third-order valence-corrected chi connectivity index (χ3v) is 1.18. The van der Waals surface area contributed by atoms with Crippen LogP contribution in [0.2, 0.25) is 0 Å². The van der Waals surface area contributed by atoms with Crippen LogP contribution in [0, 0.1) is 0 Å². The van der Waals surface area contributed by atoms with E-state index in [1.165, 1.54) is 5.23 Å². The second-order valence-electron chi connectivity index (χ2n) is 1.95. The van der Waals surface area contributed by atoms with Gasteiger partial charge in [0.15, 0.2) is 0 Å². The molecule has 0 atom stereocenters. The Hall–Kier alpha value is -1.58. The van der Waals surface area contributed by atoms with Gasteiger partial charge in [0.05, 0.1) is 5.69 Å². The Morgan fingerprint density at radius 3 is 2.40 bits per heavy atom. The molecule has 0 bridgehead atoms. The lowest BCUT2D eigenvalue weighted by molar-refractivity contribution is 0.578. The zero-order chi connectivity index (χ0) is 6.81. The first-order valence-corrected chi connectivity index (χ1v) is 2.98. The van der Waals surface area contributed by atoms with Crippen LogP contribution in [0.4, 0.5) is 5.69 Å². The number of rotatable bonds is 2. The molecule has 50 valence electrons. The molecule has 0 saturated heterocycles. The Kier molecular flexibility index (Phi) is 1.04. The second kappa shape index (κ2) is 1.98. The smallest absolute Gasteiger partial charge is 0.0579 e. The molecule has 1 N–H and O–H groups in total. The average Bonchev–Trinajstić information content (AvgIpc) is 2.74. The zero-order valence-corrected chi connectivity index (χ0v) is 5.23. The lowest BCUT2D eigenvalue weighted by atomic mass is 10.3. The first-order chi connectivity index (χ1) is 4.95. The maximum absolute atomic E-state index is 3.54. The highest BCUT2D eigenvalue weighted by Gasteiger charge is 2.08. The molecule has 1 heterocycles. The summed E-state index contributed by atoms with van der Waals surface area (Å²) in [5.74, 6) is 0. The Labute approximate surface area is 58.1 Å². The van der Waals surface area contributed by atoms with Crippen molar-refractivity contribution in [2.24, 2.45) is 10.4 Å². The highest BCUT2D eigenvalue weighted by Crippen LogP contribution is 2.12.